The van der Waals surface area contributed by atoms with Gasteiger partial charge in [0.1, 0.15) is 10.8 Å². The highest BCUT2D eigenvalue weighted by Gasteiger charge is 2.52. The fourth-order valence-corrected chi connectivity index (χ4v) is 8.77. The van der Waals surface area contributed by atoms with E-state index < -0.39 is 7.14 Å². The molecule has 2 nitrogen and oxygen atoms in total. The van der Waals surface area contributed by atoms with Gasteiger partial charge in [0.15, 0.2) is 0 Å². The van der Waals surface area contributed by atoms with Crippen LogP contribution in [0, 0.1) is 3.70 Å². The van der Waals surface area contributed by atoms with Gasteiger partial charge in [-0.3, -0.25) is 0 Å². The van der Waals surface area contributed by atoms with Crippen LogP contribution in [0.4, 0.5) is 0 Å². The molecule has 0 spiro atoms. The maximum absolute atomic E-state index is 13.0. The van der Waals surface area contributed by atoms with Gasteiger partial charge in [-0.1, -0.05) is 0 Å². The SMILES string of the molecule is O=P(c1csnc1I)(C1CC1)C1CC1. The molecule has 2 aliphatic rings. The van der Waals surface area contributed by atoms with Gasteiger partial charge in [0.05, 0.1) is 5.30 Å². The third kappa shape index (κ3) is 1.41. The smallest absolute Gasteiger partial charge is 0.125 e. The molecule has 0 aliphatic heterocycles. The fraction of sp³-hybridized carbons (Fsp3) is 0.667. The van der Waals surface area contributed by atoms with Crippen molar-refractivity contribution in [3.05, 3.63) is 9.08 Å². The van der Waals surface area contributed by atoms with E-state index >= 15 is 0 Å². The molecule has 2 saturated carbocycles. The maximum Gasteiger partial charge on any atom is 0.125 e. The van der Waals surface area contributed by atoms with Gasteiger partial charge in [0.2, 0.25) is 0 Å². The van der Waals surface area contributed by atoms with Crippen LogP contribution in [0.1, 0.15) is 25.7 Å². The second-order valence-electron chi connectivity index (χ2n) is 4.16. The van der Waals surface area contributed by atoms with E-state index in [0.29, 0.717) is 11.3 Å². The van der Waals surface area contributed by atoms with Crippen LogP contribution in [0.3, 0.4) is 0 Å². The zero-order valence-corrected chi connectivity index (χ0v) is 11.5. The summed E-state index contributed by atoms with van der Waals surface area (Å²) in [6, 6.07) is 0. The molecule has 2 aliphatic carbocycles. The van der Waals surface area contributed by atoms with Crippen LogP contribution in [-0.2, 0) is 4.57 Å². The second-order valence-corrected chi connectivity index (χ2v) is 9.17. The van der Waals surface area contributed by atoms with E-state index in [0.717, 1.165) is 9.01 Å². The van der Waals surface area contributed by atoms with Crippen LogP contribution < -0.4 is 5.30 Å². The molecule has 0 unspecified atom stereocenters. The lowest BCUT2D eigenvalue weighted by molar-refractivity contribution is 0.579. The normalized spacial score (nSPS) is 22.6. The van der Waals surface area contributed by atoms with Crippen LogP contribution >= 0.6 is 41.3 Å². The molecule has 3 rings (SSSR count). The Kier molecular flexibility index (Phi) is 2.30. The third-order valence-electron chi connectivity index (χ3n) is 3.06. The summed E-state index contributed by atoms with van der Waals surface area (Å²) in [5.41, 5.74) is 1.03. The first kappa shape index (κ1) is 9.79. The topological polar surface area (TPSA) is 30.0 Å². The summed E-state index contributed by atoms with van der Waals surface area (Å²) in [7, 11) is -2.04. The predicted molar refractivity (Wildman–Crippen MR) is 68.1 cm³/mol. The molecule has 0 bridgehead atoms. The summed E-state index contributed by atoms with van der Waals surface area (Å²) in [6.45, 7) is 0. The highest BCUT2D eigenvalue weighted by atomic mass is 127. The third-order valence-corrected chi connectivity index (χ3v) is 9.74. The van der Waals surface area contributed by atoms with Crippen molar-refractivity contribution in [1.82, 2.24) is 4.37 Å². The van der Waals surface area contributed by atoms with E-state index in [1.165, 1.54) is 37.2 Å². The molecule has 76 valence electrons. The lowest BCUT2D eigenvalue weighted by Crippen LogP contribution is -2.13. The Balaban J connectivity index is 2.07. The lowest BCUT2D eigenvalue weighted by atomic mass is 10.8. The van der Waals surface area contributed by atoms with Crippen molar-refractivity contribution in [3.63, 3.8) is 0 Å². The minimum Gasteiger partial charge on any atom is -0.318 e. The maximum atomic E-state index is 13.0. The minimum atomic E-state index is -2.04. The van der Waals surface area contributed by atoms with Crippen molar-refractivity contribution in [2.24, 2.45) is 0 Å². The summed E-state index contributed by atoms with van der Waals surface area (Å²) in [5, 5.41) is 3.13. The van der Waals surface area contributed by atoms with E-state index in [1.54, 1.807) is 0 Å². The molecule has 14 heavy (non-hydrogen) atoms. The van der Waals surface area contributed by atoms with E-state index in [4.69, 9.17) is 0 Å². The second kappa shape index (κ2) is 3.29. The van der Waals surface area contributed by atoms with Gasteiger partial charge in [-0.2, -0.15) is 4.37 Å². The summed E-state index contributed by atoms with van der Waals surface area (Å²) in [4.78, 5) is 0. The summed E-state index contributed by atoms with van der Waals surface area (Å²) in [5.74, 6) is 0. The Morgan fingerprint density at radius 3 is 2.29 bits per heavy atom. The molecule has 1 aromatic heterocycles. The van der Waals surface area contributed by atoms with Crippen molar-refractivity contribution >= 4 is 46.6 Å². The van der Waals surface area contributed by atoms with Crippen molar-refractivity contribution in [3.8, 4) is 0 Å². The molecule has 5 heteroatoms. The molecule has 0 N–H and O–H groups in total. The molecular weight excluding hydrogens is 328 g/mol. The van der Waals surface area contributed by atoms with Crippen molar-refractivity contribution < 1.29 is 4.57 Å². The van der Waals surface area contributed by atoms with Crippen molar-refractivity contribution in [1.29, 1.82) is 0 Å². The number of hydrogen-bond acceptors (Lipinski definition) is 3. The Morgan fingerprint density at radius 2 is 1.93 bits per heavy atom. The summed E-state index contributed by atoms with van der Waals surface area (Å²) < 4.78 is 18.2. The summed E-state index contributed by atoms with van der Waals surface area (Å²) >= 11 is 3.68. The lowest BCUT2D eigenvalue weighted by Gasteiger charge is -2.15. The zero-order valence-electron chi connectivity index (χ0n) is 7.65. The van der Waals surface area contributed by atoms with Crippen LogP contribution in [0.15, 0.2) is 5.38 Å². The Hall–Kier alpha value is 0.590. The van der Waals surface area contributed by atoms with Gasteiger partial charge in [-0.15, -0.1) is 0 Å². The standard InChI is InChI=1S/C9H11INOPS/c10-9-8(5-14-11-9)13(12,6-1-2-6)7-3-4-7/h5-7H,1-4H2. The molecule has 1 heterocycles. The number of halogens is 1. The van der Waals surface area contributed by atoms with Gasteiger partial charge in [-0.05, 0) is 59.8 Å². The highest BCUT2D eigenvalue weighted by Crippen LogP contribution is 2.69. The van der Waals surface area contributed by atoms with Gasteiger partial charge in [0.25, 0.3) is 0 Å². The monoisotopic (exact) mass is 339 g/mol. The van der Waals surface area contributed by atoms with Crippen LogP contribution in [0.25, 0.3) is 0 Å². The van der Waals surface area contributed by atoms with Gasteiger partial charge in [-0.25, -0.2) is 0 Å². The number of nitrogens with zero attached hydrogens (tertiary/aromatic N) is 1. The van der Waals surface area contributed by atoms with Crippen LogP contribution in [0.5, 0.6) is 0 Å². The Labute approximate surface area is 101 Å². The summed E-state index contributed by atoms with van der Waals surface area (Å²) in [6.07, 6.45) is 4.72. The molecule has 0 saturated heterocycles. The average molecular weight is 339 g/mol. The Bertz CT molecular complexity index is 395. The number of hydrogen-bond donors (Lipinski definition) is 0. The number of rotatable bonds is 3. The first-order valence-corrected chi connectivity index (χ1v) is 8.69. The van der Waals surface area contributed by atoms with Gasteiger partial charge < -0.3 is 4.57 Å². The Morgan fingerprint density at radius 1 is 1.36 bits per heavy atom. The zero-order chi connectivity index (χ0) is 9.76. The van der Waals surface area contributed by atoms with Crippen molar-refractivity contribution in [2.75, 3.05) is 0 Å². The van der Waals surface area contributed by atoms with Gasteiger partial charge in [0, 0.05) is 16.7 Å². The molecule has 1 aromatic rings. The molecule has 2 fully saturated rings. The number of aromatic nitrogens is 1. The van der Waals surface area contributed by atoms with E-state index in [9.17, 15) is 4.57 Å². The predicted octanol–water partition coefficient (Wildman–Crippen LogP) is 3.06. The first-order chi connectivity index (χ1) is 6.73. The average Bonchev–Trinajstić information content (AvgIpc) is 3.00. The van der Waals surface area contributed by atoms with Crippen LogP contribution in [-0.4, -0.2) is 15.7 Å². The van der Waals surface area contributed by atoms with Crippen molar-refractivity contribution in [2.45, 2.75) is 37.0 Å². The minimum absolute atomic E-state index is 0.514. The molecule has 0 aromatic carbocycles. The molecular formula is C9H11INOPS. The fourth-order valence-electron chi connectivity index (χ4n) is 2.05. The van der Waals surface area contributed by atoms with Gasteiger partial charge >= 0.3 is 0 Å². The van der Waals surface area contributed by atoms with E-state index in [2.05, 4.69) is 27.0 Å². The highest BCUT2D eigenvalue weighted by molar-refractivity contribution is 14.1. The molecule has 0 radical (unpaired) electrons. The van der Waals surface area contributed by atoms with E-state index in [-0.39, 0.29) is 0 Å². The van der Waals surface area contributed by atoms with Crippen LogP contribution in [0.2, 0.25) is 0 Å². The largest absolute Gasteiger partial charge is 0.318 e. The first-order valence-electron chi connectivity index (χ1n) is 4.93. The molecule has 0 atom stereocenters. The quantitative estimate of drug-likeness (QED) is 0.626. The van der Waals surface area contributed by atoms with E-state index in [1.807, 2.05) is 5.38 Å². The molecule has 0 amide bonds.